The molecule has 0 saturated carbocycles. The number of nitrogens with zero attached hydrogens (tertiary/aromatic N) is 2. The summed E-state index contributed by atoms with van der Waals surface area (Å²) in [4.78, 5) is 0. The van der Waals surface area contributed by atoms with Crippen LogP contribution in [0.1, 0.15) is 18.3 Å². The average molecular weight is 377 g/mol. The minimum absolute atomic E-state index is 0.438. The first kappa shape index (κ1) is 13.7. The third-order valence-electron chi connectivity index (χ3n) is 2.65. The largest absolute Gasteiger partial charge is 0.486 e. The van der Waals surface area contributed by atoms with E-state index in [1.54, 1.807) is 0 Å². The zero-order valence-corrected chi connectivity index (χ0v) is 13.2. The molecule has 0 bridgehead atoms. The van der Waals surface area contributed by atoms with Gasteiger partial charge in [-0.2, -0.15) is 5.10 Å². The molecule has 0 saturated heterocycles. The van der Waals surface area contributed by atoms with Gasteiger partial charge in [-0.15, -0.1) is 0 Å². The van der Waals surface area contributed by atoms with Gasteiger partial charge < -0.3 is 4.74 Å². The van der Waals surface area contributed by atoms with Crippen LogP contribution in [0.3, 0.4) is 0 Å². The maximum Gasteiger partial charge on any atom is 0.133 e. The van der Waals surface area contributed by atoms with Gasteiger partial charge in [-0.1, -0.05) is 23.7 Å². The topological polar surface area (TPSA) is 27.1 Å². The molecule has 0 radical (unpaired) electrons. The number of halogens is 2. The van der Waals surface area contributed by atoms with Crippen molar-refractivity contribution in [2.45, 2.75) is 27.0 Å². The fraction of sp³-hybridized carbons (Fsp3) is 0.308. The second-order valence-corrected chi connectivity index (χ2v) is 5.42. The molecule has 0 N–H and O–H groups in total. The van der Waals surface area contributed by atoms with E-state index in [2.05, 4.69) is 27.7 Å². The van der Waals surface area contributed by atoms with E-state index >= 15 is 0 Å². The third-order valence-corrected chi connectivity index (χ3v) is 4.04. The highest BCUT2D eigenvalue weighted by molar-refractivity contribution is 14.1. The Morgan fingerprint density at radius 3 is 2.78 bits per heavy atom. The molecule has 2 rings (SSSR count). The smallest absolute Gasteiger partial charge is 0.133 e. The molecule has 3 nitrogen and oxygen atoms in total. The van der Waals surface area contributed by atoms with Gasteiger partial charge in [0.15, 0.2) is 0 Å². The first-order chi connectivity index (χ1) is 8.63. The number of hydrogen-bond acceptors (Lipinski definition) is 2. The Hall–Kier alpha value is -0.750. The van der Waals surface area contributed by atoms with E-state index in [0.717, 1.165) is 27.3 Å². The molecule has 0 aliphatic carbocycles. The van der Waals surface area contributed by atoms with E-state index in [9.17, 15) is 0 Å². The fourth-order valence-corrected chi connectivity index (χ4v) is 2.45. The Balaban J connectivity index is 2.18. The molecule has 0 unspecified atom stereocenters. The highest BCUT2D eigenvalue weighted by atomic mass is 127. The second kappa shape index (κ2) is 5.93. The van der Waals surface area contributed by atoms with E-state index in [-0.39, 0.29) is 0 Å². The standard InChI is InChI=1S/C13H14ClIN2O/c1-3-17-11(13(14)9(2)16-17)8-18-12-7-5-4-6-10(12)15/h4-7H,3,8H2,1-2H3. The number of hydrogen-bond donors (Lipinski definition) is 0. The lowest BCUT2D eigenvalue weighted by Crippen LogP contribution is -2.07. The average Bonchev–Trinajstić information content (AvgIpc) is 2.65. The zero-order chi connectivity index (χ0) is 13.1. The summed E-state index contributed by atoms with van der Waals surface area (Å²) < 4.78 is 8.78. The summed E-state index contributed by atoms with van der Waals surface area (Å²) in [5.41, 5.74) is 1.77. The van der Waals surface area contributed by atoms with Crippen molar-refractivity contribution in [1.82, 2.24) is 9.78 Å². The van der Waals surface area contributed by atoms with Crippen molar-refractivity contribution in [1.29, 1.82) is 0 Å². The van der Waals surface area contributed by atoms with E-state index in [1.165, 1.54) is 0 Å². The van der Waals surface area contributed by atoms with Crippen LogP contribution < -0.4 is 4.74 Å². The molecular weight excluding hydrogens is 363 g/mol. The first-order valence-electron chi connectivity index (χ1n) is 5.72. The number of ether oxygens (including phenoxy) is 1. The molecule has 0 fully saturated rings. The molecule has 96 valence electrons. The van der Waals surface area contributed by atoms with Crippen LogP contribution in [0, 0.1) is 10.5 Å². The van der Waals surface area contributed by atoms with Crippen molar-refractivity contribution in [3.63, 3.8) is 0 Å². The monoisotopic (exact) mass is 376 g/mol. The number of aryl methyl sites for hydroxylation is 2. The first-order valence-corrected chi connectivity index (χ1v) is 7.18. The van der Waals surface area contributed by atoms with Crippen LogP contribution >= 0.6 is 34.2 Å². The molecule has 1 aromatic heterocycles. The molecule has 0 amide bonds. The Morgan fingerprint density at radius 1 is 1.39 bits per heavy atom. The number of para-hydroxylation sites is 1. The van der Waals surface area contributed by atoms with Gasteiger partial charge in [0.1, 0.15) is 12.4 Å². The molecule has 5 heteroatoms. The second-order valence-electron chi connectivity index (χ2n) is 3.88. The summed E-state index contributed by atoms with van der Waals surface area (Å²) in [6.07, 6.45) is 0. The van der Waals surface area contributed by atoms with Crippen LogP contribution in [0.5, 0.6) is 5.75 Å². The summed E-state index contributed by atoms with van der Waals surface area (Å²) in [5, 5.41) is 5.06. The molecule has 2 aromatic rings. The van der Waals surface area contributed by atoms with Crippen molar-refractivity contribution in [2.75, 3.05) is 0 Å². The summed E-state index contributed by atoms with van der Waals surface area (Å²) in [6, 6.07) is 7.92. The van der Waals surface area contributed by atoms with E-state index < -0.39 is 0 Å². The minimum Gasteiger partial charge on any atom is -0.486 e. The Labute approximate surface area is 125 Å². The van der Waals surface area contributed by atoms with Gasteiger partial charge in [-0.25, -0.2) is 0 Å². The maximum absolute atomic E-state index is 6.23. The van der Waals surface area contributed by atoms with E-state index in [4.69, 9.17) is 16.3 Å². The van der Waals surface area contributed by atoms with Crippen LogP contribution in [0.25, 0.3) is 0 Å². The predicted octanol–water partition coefficient (Wildman–Crippen LogP) is 4.05. The van der Waals surface area contributed by atoms with Gasteiger partial charge in [-0.3, -0.25) is 4.68 Å². The van der Waals surface area contributed by atoms with Gasteiger partial charge in [0.05, 0.1) is 20.0 Å². The molecule has 18 heavy (non-hydrogen) atoms. The Kier molecular flexibility index (Phi) is 4.50. The highest BCUT2D eigenvalue weighted by Crippen LogP contribution is 2.24. The Bertz CT molecular complexity index is 554. The molecule has 1 heterocycles. The third kappa shape index (κ3) is 2.80. The molecule has 0 aliphatic heterocycles. The predicted molar refractivity (Wildman–Crippen MR) is 81.1 cm³/mol. The molecule has 0 aliphatic rings. The fourth-order valence-electron chi connectivity index (χ4n) is 1.71. The van der Waals surface area contributed by atoms with Crippen LogP contribution in [-0.2, 0) is 13.2 Å². The van der Waals surface area contributed by atoms with Gasteiger partial charge in [-0.05, 0) is 48.6 Å². The van der Waals surface area contributed by atoms with Gasteiger partial charge in [0.2, 0.25) is 0 Å². The summed E-state index contributed by atoms with van der Waals surface area (Å²) in [5.74, 6) is 0.871. The number of benzene rings is 1. The van der Waals surface area contributed by atoms with Crippen molar-refractivity contribution >= 4 is 34.2 Å². The minimum atomic E-state index is 0.438. The van der Waals surface area contributed by atoms with Crippen LogP contribution in [0.4, 0.5) is 0 Å². The van der Waals surface area contributed by atoms with Crippen LogP contribution in [-0.4, -0.2) is 9.78 Å². The zero-order valence-electron chi connectivity index (χ0n) is 10.3. The van der Waals surface area contributed by atoms with Crippen molar-refractivity contribution in [3.05, 3.63) is 44.2 Å². The van der Waals surface area contributed by atoms with Crippen LogP contribution in [0.2, 0.25) is 5.02 Å². The summed E-state index contributed by atoms with van der Waals surface area (Å²) in [7, 11) is 0. The summed E-state index contributed by atoms with van der Waals surface area (Å²) in [6.45, 7) is 5.18. The van der Waals surface area contributed by atoms with E-state index in [0.29, 0.717) is 11.6 Å². The van der Waals surface area contributed by atoms with Crippen molar-refractivity contribution < 1.29 is 4.74 Å². The normalized spacial score (nSPS) is 10.7. The van der Waals surface area contributed by atoms with Crippen molar-refractivity contribution in [2.24, 2.45) is 0 Å². The quantitative estimate of drug-likeness (QED) is 0.753. The van der Waals surface area contributed by atoms with Crippen molar-refractivity contribution in [3.8, 4) is 5.75 Å². The lowest BCUT2D eigenvalue weighted by Gasteiger charge is -2.09. The molecular formula is C13H14ClIN2O. The van der Waals surface area contributed by atoms with Gasteiger partial charge >= 0.3 is 0 Å². The molecule has 1 aromatic carbocycles. The number of aromatic nitrogens is 2. The maximum atomic E-state index is 6.23. The van der Waals surface area contributed by atoms with Crippen LogP contribution in [0.15, 0.2) is 24.3 Å². The molecule has 0 spiro atoms. The SMILES string of the molecule is CCn1nc(C)c(Cl)c1COc1ccccc1I. The lowest BCUT2D eigenvalue weighted by atomic mass is 10.3. The summed E-state index contributed by atoms with van der Waals surface area (Å²) >= 11 is 8.49. The highest BCUT2D eigenvalue weighted by Gasteiger charge is 2.13. The molecule has 0 atom stereocenters. The van der Waals surface area contributed by atoms with E-state index in [1.807, 2.05) is 42.8 Å². The van der Waals surface area contributed by atoms with Gasteiger partial charge in [0.25, 0.3) is 0 Å². The lowest BCUT2D eigenvalue weighted by molar-refractivity contribution is 0.290. The Morgan fingerprint density at radius 2 is 2.11 bits per heavy atom. The van der Waals surface area contributed by atoms with Gasteiger partial charge in [0, 0.05) is 6.54 Å². The number of rotatable bonds is 4.